The van der Waals surface area contributed by atoms with Gasteiger partial charge in [0.1, 0.15) is 6.04 Å². The van der Waals surface area contributed by atoms with E-state index >= 15 is 0 Å². The van der Waals surface area contributed by atoms with Crippen molar-refractivity contribution in [3.8, 4) is 0 Å². The molecule has 0 radical (unpaired) electrons. The predicted molar refractivity (Wildman–Crippen MR) is 52.5 cm³/mol. The van der Waals surface area contributed by atoms with Gasteiger partial charge in [0, 0.05) is 13.5 Å². The third-order valence-corrected chi connectivity index (χ3v) is 2.70. The van der Waals surface area contributed by atoms with Gasteiger partial charge >= 0.3 is 0 Å². The normalized spacial score (nSPS) is 24.4. The van der Waals surface area contributed by atoms with E-state index in [0.29, 0.717) is 6.42 Å². The number of aliphatic hydroxyl groups is 1. The Morgan fingerprint density at radius 2 is 2.21 bits per heavy atom. The molecule has 1 aliphatic rings. The first-order valence-corrected chi connectivity index (χ1v) is 4.56. The summed E-state index contributed by atoms with van der Waals surface area (Å²) in [6.45, 7) is 0. The molecule has 1 N–H and O–H groups in total. The van der Waals surface area contributed by atoms with Crippen LogP contribution in [0.25, 0.3) is 0 Å². The molecule has 0 spiro atoms. The number of benzene rings is 1. The van der Waals surface area contributed by atoms with Gasteiger partial charge in [-0.3, -0.25) is 5.01 Å². The topological polar surface area (TPSA) is 52.9 Å². The van der Waals surface area contributed by atoms with Gasteiger partial charge in [0.2, 0.25) is 0 Å². The van der Waals surface area contributed by atoms with Crippen LogP contribution in [0, 0.1) is 4.91 Å². The molecule has 4 nitrogen and oxygen atoms in total. The summed E-state index contributed by atoms with van der Waals surface area (Å²) in [5, 5.41) is 13.9. The molecule has 0 aliphatic heterocycles. The van der Waals surface area contributed by atoms with E-state index in [4.69, 9.17) is 0 Å². The Morgan fingerprint density at radius 1 is 1.50 bits per heavy atom. The van der Waals surface area contributed by atoms with Crippen molar-refractivity contribution in [3.63, 3.8) is 0 Å². The summed E-state index contributed by atoms with van der Waals surface area (Å²) in [4.78, 5) is 10.4. The van der Waals surface area contributed by atoms with Gasteiger partial charge in [0.25, 0.3) is 0 Å². The third kappa shape index (κ3) is 1.28. The van der Waals surface area contributed by atoms with Crippen molar-refractivity contribution in [3.05, 3.63) is 40.3 Å². The summed E-state index contributed by atoms with van der Waals surface area (Å²) in [5.41, 5.74) is 2.10. The van der Waals surface area contributed by atoms with Crippen molar-refractivity contribution < 1.29 is 5.11 Å². The van der Waals surface area contributed by atoms with Crippen molar-refractivity contribution >= 4 is 0 Å². The zero-order chi connectivity index (χ0) is 10.1. The van der Waals surface area contributed by atoms with Gasteiger partial charge in [-0.1, -0.05) is 24.3 Å². The zero-order valence-corrected chi connectivity index (χ0v) is 7.92. The fourth-order valence-corrected chi connectivity index (χ4v) is 2.05. The first-order valence-electron chi connectivity index (χ1n) is 4.56. The minimum atomic E-state index is -0.532. The van der Waals surface area contributed by atoms with Crippen LogP contribution in [0.5, 0.6) is 0 Å². The molecule has 0 saturated heterocycles. The Hall–Kier alpha value is -1.42. The van der Waals surface area contributed by atoms with Gasteiger partial charge in [0.05, 0.1) is 11.4 Å². The van der Waals surface area contributed by atoms with E-state index < -0.39 is 6.10 Å². The predicted octanol–water partition coefficient (Wildman–Crippen LogP) is 1.26. The van der Waals surface area contributed by atoms with E-state index in [1.807, 2.05) is 24.3 Å². The molecule has 2 rings (SSSR count). The molecule has 0 aromatic heterocycles. The molecule has 0 bridgehead atoms. The fourth-order valence-electron chi connectivity index (χ4n) is 2.05. The summed E-state index contributed by atoms with van der Waals surface area (Å²) < 4.78 is 0. The number of fused-ring (bicyclic) bond motifs is 1. The number of likely N-dealkylation sites (N-methyl/N-ethyl adjacent to an activating group) is 1. The summed E-state index contributed by atoms with van der Waals surface area (Å²) in [6.07, 6.45) is 0.0656. The van der Waals surface area contributed by atoms with Crippen molar-refractivity contribution in [2.75, 3.05) is 7.05 Å². The molecule has 2 atom stereocenters. The monoisotopic (exact) mass is 192 g/mol. The second kappa shape index (κ2) is 3.38. The average Bonchev–Trinajstić information content (AvgIpc) is 2.53. The van der Waals surface area contributed by atoms with Crippen LogP contribution in [-0.2, 0) is 6.42 Å². The Balaban J connectivity index is 2.39. The van der Waals surface area contributed by atoms with Gasteiger partial charge in [-0.2, -0.15) is 0 Å². The van der Waals surface area contributed by atoms with Crippen LogP contribution in [0.3, 0.4) is 0 Å². The lowest BCUT2D eigenvalue weighted by atomic mass is 10.1. The standard InChI is InChI=1S/C10H12N2O2/c1-12(11-14)10-8-5-3-2-4-7(8)6-9(10)13/h2-5,9-10,13H,6H2,1H3. The summed E-state index contributed by atoms with van der Waals surface area (Å²) >= 11 is 0. The number of aliphatic hydroxyl groups excluding tert-OH is 1. The van der Waals surface area contributed by atoms with Crippen LogP contribution in [0.1, 0.15) is 17.2 Å². The minimum Gasteiger partial charge on any atom is -0.390 e. The lowest BCUT2D eigenvalue weighted by molar-refractivity contribution is 0.0772. The molecule has 0 heterocycles. The molecular weight excluding hydrogens is 180 g/mol. The second-order valence-corrected chi connectivity index (χ2v) is 3.57. The van der Waals surface area contributed by atoms with E-state index in [1.165, 1.54) is 5.01 Å². The van der Waals surface area contributed by atoms with Crippen LogP contribution < -0.4 is 0 Å². The largest absolute Gasteiger partial charge is 0.390 e. The molecular formula is C10H12N2O2. The van der Waals surface area contributed by atoms with Crippen molar-refractivity contribution in [2.45, 2.75) is 18.6 Å². The molecule has 1 aromatic rings. The quantitative estimate of drug-likeness (QED) is 0.567. The maximum Gasteiger partial charge on any atom is 0.101 e. The maximum absolute atomic E-state index is 10.4. The van der Waals surface area contributed by atoms with Crippen molar-refractivity contribution in [1.29, 1.82) is 0 Å². The Morgan fingerprint density at radius 3 is 2.93 bits per heavy atom. The van der Waals surface area contributed by atoms with Crippen molar-refractivity contribution in [2.24, 2.45) is 5.29 Å². The van der Waals surface area contributed by atoms with E-state index in [-0.39, 0.29) is 6.04 Å². The molecule has 0 saturated carbocycles. The van der Waals surface area contributed by atoms with Gasteiger partial charge in [0.15, 0.2) is 0 Å². The van der Waals surface area contributed by atoms with Crippen molar-refractivity contribution in [1.82, 2.24) is 5.01 Å². The number of nitrogens with zero attached hydrogens (tertiary/aromatic N) is 2. The van der Waals surface area contributed by atoms with Crippen LogP contribution in [-0.4, -0.2) is 23.3 Å². The van der Waals surface area contributed by atoms with Gasteiger partial charge in [-0.25, -0.2) is 0 Å². The number of rotatable bonds is 2. The number of hydrogen-bond donors (Lipinski definition) is 1. The van der Waals surface area contributed by atoms with Crippen LogP contribution in [0.15, 0.2) is 29.6 Å². The summed E-state index contributed by atoms with van der Waals surface area (Å²) in [5.74, 6) is 0. The van der Waals surface area contributed by atoms with Crippen LogP contribution in [0.4, 0.5) is 0 Å². The Bertz CT molecular complexity index is 354. The molecule has 0 fully saturated rings. The third-order valence-electron chi connectivity index (χ3n) is 2.70. The summed E-state index contributed by atoms with van der Waals surface area (Å²) in [6, 6.07) is 7.45. The zero-order valence-electron chi connectivity index (χ0n) is 7.92. The first kappa shape index (κ1) is 9.15. The highest BCUT2D eigenvalue weighted by molar-refractivity contribution is 5.36. The average molecular weight is 192 g/mol. The molecule has 14 heavy (non-hydrogen) atoms. The molecule has 1 aromatic carbocycles. The smallest absolute Gasteiger partial charge is 0.101 e. The van der Waals surface area contributed by atoms with E-state index in [9.17, 15) is 10.0 Å². The Labute approximate surface area is 82.1 Å². The highest BCUT2D eigenvalue weighted by Crippen LogP contribution is 2.35. The maximum atomic E-state index is 10.4. The number of nitroso groups, excluding NO2 is 1. The first-order chi connectivity index (χ1) is 6.74. The van der Waals surface area contributed by atoms with E-state index in [1.54, 1.807) is 7.05 Å². The van der Waals surface area contributed by atoms with E-state index in [2.05, 4.69) is 5.29 Å². The molecule has 1 aliphatic carbocycles. The Kier molecular flexibility index (Phi) is 2.21. The van der Waals surface area contributed by atoms with Gasteiger partial charge in [-0.05, 0) is 11.1 Å². The minimum absolute atomic E-state index is 0.288. The summed E-state index contributed by atoms with van der Waals surface area (Å²) in [7, 11) is 1.59. The SMILES string of the molecule is CN(N=O)C1c2ccccc2CC1O. The highest BCUT2D eigenvalue weighted by atomic mass is 16.3. The molecule has 74 valence electrons. The molecule has 2 unspecified atom stereocenters. The molecule has 0 amide bonds. The number of hydrogen-bond acceptors (Lipinski definition) is 3. The van der Waals surface area contributed by atoms with Crippen LogP contribution in [0.2, 0.25) is 0 Å². The van der Waals surface area contributed by atoms with Gasteiger partial charge < -0.3 is 5.11 Å². The van der Waals surface area contributed by atoms with E-state index in [0.717, 1.165) is 11.1 Å². The second-order valence-electron chi connectivity index (χ2n) is 3.57. The van der Waals surface area contributed by atoms with Crippen LogP contribution >= 0.6 is 0 Å². The van der Waals surface area contributed by atoms with Gasteiger partial charge in [-0.15, -0.1) is 4.91 Å². The highest BCUT2D eigenvalue weighted by Gasteiger charge is 2.33. The lowest BCUT2D eigenvalue weighted by Crippen LogP contribution is -2.26. The molecule has 4 heteroatoms. The lowest BCUT2D eigenvalue weighted by Gasteiger charge is -2.21. The fraction of sp³-hybridized carbons (Fsp3) is 0.400.